The molecule has 0 saturated heterocycles. The Morgan fingerprint density at radius 3 is 2.23 bits per heavy atom. The van der Waals surface area contributed by atoms with E-state index in [1.54, 1.807) is 0 Å². The number of hydrogen-bond donors (Lipinski definition) is 0. The molecule has 1 fully saturated rings. The first-order valence-corrected chi connectivity index (χ1v) is 8.83. The van der Waals surface area contributed by atoms with Crippen molar-refractivity contribution in [1.29, 1.82) is 0 Å². The van der Waals surface area contributed by atoms with E-state index in [9.17, 15) is 4.79 Å². The van der Waals surface area contributed by atoms with Gasteiger partial charge in [-0.05, 0) is 17.4 Å². The van der Waals surface area contributed by atoms with Crippen LogP contribution in [-0.2, 0) is 4.79 Å². The third kappa shape index (κ3) is 2.43. The maximum absolute atomic E-state index is 11.4. The Bertz CT molecular complexity index is 213. The van der Waals surface area contributed by atoms with E-state index in [0.29, 0.717) is 16.7 Å². The SMILES string of the molecule is CC1(C)CCC(=O)CC1[Si](C)(C)C. The second-order valence-electron chi connectivity index (χ2n) is 6.15. The second kappa shape index (κ2) is 3.23. The number of hydrogen-bond acceptors (Lipinski definition) is 1. The van der Waals surface area contributed by atoms with Gasteiger partial charge in [0.15, 0.2) is 0 Å². The van der Waals surface area contributed by atoms with Crippen molar-refractivity contribution in [3.05, 3.63) is 0 Å². The maximum Gasteiger partial charge on any atom is 0.132 e. The predicted octanol–water partition coefficient (Wildman–Crippen LogP) is 3.47. The minimum atomic E-state index is -1.15. The molecule has 0 amide bonds. The van der Waals surface area contributed by atoms with Crippen LogP contribution in [0.5, 0.6) is 0 Å². The minimum Gasteiger partial charge on any atom is -0.300 e. The first kappa shape index (κ1) is 11.0. The van der Waals surface area contributed by atoms with Gasteiger partial charge in [0.2, 0.25) is 0 Å². The molecule has 1 atom stereocenters. The fourth-order valence-corrected chi connectivity index (χ4v) is 6.05. The zero-order valence-electron chi connectivity index (χ0n) is 9.61. The fraction of sp³-hybridized carbons (Fsp3) is 0.909. The standard InChI is InChI=1S/C11H22OSi/c1-11(2)7-6-9(12)8-10(11)13(3,4)5/h10H,6-8H2,1-5H3. The van der Waals surface area contributed by atoms with E-state index in [2.05, 4.69) is 33.5 Å². The molecule has 0 bridgehead atoms. The normalized spacial score (nSPS) is 29.0. The third-order valence-corrected chi connectivity index (χ3v) is 6.55. The van der Waals surface area contributed by atoms with Gasteiger partial charge in [0.25, 0.3) is 0 Å². The summed E-state index contributed by atoms with van der Waals surface area (Å²) in [7, 11) is -1.15. The Labute approximate surface area is 82.9 Å². The number of ketones is 1. The lowest BCUT2D eigenvalue weighted by Gasteiger charge is -2.44. The average molecular weight is 198 g/mol. The average Bonchev–Trinajstić information content (AvgIpc) is 1.92. The molecule has 0 aromatic heterocycles. The highest BCUT2D eigenvalue weighted by atomic mass is 28.3. The summed E-state index contributed by atoms with van der Waals surface area (Å²) in [6, 6.07) is 0. The van der Waals surface area contributed by atoms with E-state index >= 15 is 0 Å². The van der Waals surface area contributed by atoms with Gasteiger partial charge in [0.05, 0.1) is 0 Å². The summed E-state index contributed by atoms with van der Waals surface area (Å²) in [5, 5.41) is 0. The lowest BCUT2D eigenvalue weighted by atomic mass is 9.76. The Hall–Kier alpha value is -0.113. The van der Waals surface area contributed by atoms with Crippen molar-refractivity contribution < 1.29 is 4.79 Å². The molecule has 0 heterocycles. The Kier molecular flexibility index (Phi) is 2.72. The molecular weight excluding hydrogens is 176 g/mol. The highest BCUT2D eigenvalue weighted by Gasteiger charge is 2.42. The van der Waals surface area contributed by atoms with E-state index in [-0.39, 0.29) is 0 Å². The molecule has 1 nitrogen and oxygen atoms in total. The van der Waals surface area contributed by atoms with E-state index in [0.717, 1.165) is 19.3 Å². The van der Waals surface area contributed by atoms with Crippen LogP contribution in [0.25, 0.3) is 0 Å². The van der Waals surface area contributed by atoms with Crippen LogP contribution < -0.4 is 0 Å². The topological polar surface area (TPSA) is 17.1 Å². The van der Waals surface area contributed by atoms with Gasteiger partial charge in [-0.1, -0.05) is 33.5 Å². The molecular formula is C11H22OSi. The number of rotatable bonds is 1. The number of carbonyl (C=O) groups excluding carboxylic acids is 1. The molecule has 1 aliphatic rings. The Morgan fingerprint density at radius 1 is 1.31 bits per heavy atom. The van der Waals surface area contributed by atoms with Crippen molar-refractivity contribution in [1.82, 2.24) is 0 Å². The van der Waals surface area contributed by atoms with Gasteiger partial charge in [0.1, 0.15) is 5.78 Å². The van der Waals surface area contributed by atoms with Crippen LogP contribution in [0.1, 0.15) is 33.1 Å². The van der Waals surface area contributed by atoms with Crippen LogP contribution in [0, 0.1) is 5.41 Å². The lowest BCUT2D eigenvalue weighted by molar-refractivity contribution is -0.122. The van der Waals surface area contributed by atoms with E-state index < -0.39 is 8.07 Å². The van der Waals surface area contributed by atoms with Crippen LogP contribution >= 0.6 is 0 Å². The van der Waals surface area contributed by atoms with Gasteiger partial charge < -0.3 is 0 Å². The molecule has 76 valence electrons. The third-order valence-electron chi connectivity index (χ3n) is 3.47. The quantitative estimate of drug-likeness (QED) is 0.590. The van der Waals surface area contributed by atoms with Crippen molar-refractivity contribution in [2.45, 2.75) is 58.3 Å². The molecule has 0 aliphatic heterocycles. The van der Waals surface area contributed by atoms with Crippen molar-refractivity contribution >= 4 is 13.9 Å². The molecule has 1 unspecified atom stereocenters. The first-order chi connectivity index (χ1) is 5.73. The summed E-state index contributed by atoms with van der Waals surface area (Å²) < 4.78 is 0. The van der Waals surface area contributed by atoms with Gasteiger partial charge in [-0.25, -0.2) is 0 Å². The van der Waals surface area contributed by atoms with Gasteiger partial charge >= 0.3 is 0 Å². The van der Waals surface area contributed by atoms with Gasteiger partial charge in [-0.2, -0.15) is 0 Å². The van der Waals surface area contributed by atoms with Crippen molar-refractivity contribution in [3.8, 4) is 0 Å². The molecule has 1 aliphatic carbocycles. The molecule has 0 spiro atoms. The van der Waals surface area contributed by atoms with Crippen molar-refractivity contribution in [3.63, 3.8) is 0 Å². The molecule has 13 heavy (non-hydrogen) atoms. The van der Waals surface area contributed by atoms with Gasteiger partial charge in [-0.3, -0.25) is 4.79 Å². The van der Waals surface area contributed by atoms with Crippen LogP contribution in [0.15, 0.2) is 0 Å². The molecule has 0 aromatic carbocycles. The van der Waals surface area contributed by atoms with Crippen LogP contribution in [0.3, 0.4) is 0 Å². The molecule has 0 N–H and O–H groups in total. The van der Waals surface area contributed by atoms with E-state index in [4.69, 9.17) is 0 Å². The highest BCUT2D eigenvalue weighted by Crippen LogP contribution is 2.48. The highest BCUT2D eigenvalue weighted by molar-refractivity contribution is 6.77. The van der Waals surface area contributed by atoms with Crippen molar-refractivity contribution in [2.24, 2.45) is 5.41 Å². The maximum atomic E-state index is 11.4. The summed E-state index contributed by atoms with van der Waals surface area (Å²) in [4.78, 5) is 11.4. The predicted molar refractivity (Wildman–Crippen MR) is 59.7 cm³/mol. The lowest BCUT2D eigenvalue weighted by Crippen LogP contribution is -2.42. The summed E-state index contributed by atoms with van der Waals surface area (Å²) in [5.41, 5.74) is 1.08. The summed E-state index contributed by atoms with van der Waals surface area (Å²) in [5.74, 6) is 0.492. The molecule has 0 aromatic rings. The number of Topliss-reactive ketones (excluding diaryl/α,β-unsaturated/α-hetero) is 1. The zero-order chi connectivity index (χ0) is 10.3. The first-order valence-electron chi connectivity index (χ1n) is 5.25. The molecule has 0 radical (unpaired) electrons. The summed E-state index contributed by atoms with van der Waals surface area (Å²) in [6.07, 6.45) is 2.76. The Morgan fingerprint density at radius 2 is 1.85 bits per heavy atom. The van der Waals surface area contributed by atoms with Gasteiger partial charge in [-0.15, -0.1) is 0 Å². The minimum absolute atomic E-state index is 0.401. The largest absolute Gasteiger partial charge is 0.300 e. The van der Waals surface area contributed by atoms with Crippen LogP contribution in [0.4, 0.5) is 0 Å². The summed E-state index contributed by atoms with van der Waals surface area (Å²) in [6.45, 7) is 11.8. The van der Waals surface area contributed by atoms with Crippen LogP contribution in [-0.4, -0.2) is 13.9 Å². The molecule has 1 rings (SSSR count). The smallest absolute Gasteiger partial charge is 0.132 e. The van der Waals surface area contributed by atoms with E-state index in [1.807, 2.05) is 0 Å². The zero-order valence-corrected chi connectivity index (χ0v) is 10.6. The Balaban J connectivity index is 2.84. The van der Waals surface area contributed by atoms with Gasteiger partial charge in [0, 0.05) is 20.9 Å². The van der Waals surface area contributed by atoms with E-state index in [1.165, 1.54) is 0 Å². The summed E-state index contributed by atoms with van der Waals surface area (Å²) >= 11 is 0. The fourth-order valence-electron chi connectivity index (χ4n) is 2.72. The number of carbonyl (C=O) groups is 1. The van der Waals surface area contributed by atoms with Crippen LogP contribution in [0.2, 0.25) is 25.2 Å². The second-order valence-corrected chi connectivity index (χ2v) is 11.6. The van der Waals surface area contributed by atoms with Crippen molar-refractivity contribution in [2.75, 3.05) is 0 Å². The molecule has 1 saturated carbocycles. The monoisotopic (exact) mass is 198 g/mol. The molecule has 2 heteroatoms.